The van der Waals surface area contributed by atoms with E-state index in [1.54, 1.807) is 0 Å². The van der Waals surface area contributed by atoms with E-state index in [0.717, 1.165) is 0 Å². The normalized spacial score (nSPS) is 3.25. The van der Waals surface area contributed by atoms with Crippen LogP contribution >= 0.6 is 12.4 Å². The zero-order chi connectivity index (χ0) is 2.71. The average molecular weight is 121 g/mol. The molecule has 0 rings (SSSR count). The van der Waals surface area contributed by atoms with Crippen LogP contribution in [0.25, 0.3) is 0 Å². The molecule has 0 bridgehead atoms. The van der Waals surface area contributed by atoms with E-state index in [9.17, 15) is 0 Å². The Balaban J connectivity index is 0. The second-order valence-corrected chi connectivity index (χ2v) is 0.307. The Kier molecular flexibility index (Phi) is 21.0. The van der Waals surface area contributed by atoms with Crippen molar-refractivity contribution in [3.8, 4) is 0 Å². The standard InChI is InChI=1S/ClH.Cr.H2O.O/h1H;;1H2;/q;+1;;/p-1. The van der Waals surface area contributed by atoms with Crippen LogP contribution in [-0.2, 0) is 19.3 Å². The third-order valence-corrected chi connectivity index (χ3v) is 0. The van der Waals surface area contributed by atoms with Gasteiger partial charge in [-0.1, -0.05) is 0 Å². The molecule has 4 heteroatoms. The first-order valence-electron chi connectivity index (χ1n) is 0.349. The van der Waals surface area contributed by atoms with Gasteiger partial charge in [-0.2, -0.15) is 0 Å². The van der Waals surface area contributed by atoms with Crippen molar-refractivity contribution in [2.24, 2.45) is 0 Å². The van der Waals surface area contributed by atoms with Gasteiger partial charge >= 0.3 is 23.4 Å². The molecule has 0 aliphatic heterocycles. The summed E-state index contributed by atoms with van der Waals surface area (Å²) in [5.74, 6) is 0. The van der Waals surface area contributed by atoms with Gasteiger partial charge in [0.05, 0.1) is 0 Å². The summed E-state index contributed by atoms with van der Waals surface area (Å²) < 4.78 is 15.6. The summed E-state index contributed by atoms with van der Waals surface area (Å²) in [6.07, 6.45) is 0. The predicted octanol–water partition coefficient (Wildman–Crippen LogP) is -0.256. The van der Waals surface area contributed by atoms with Crippen LogP contribution in [0.1, 0.15) is 0 Å². The Labute approximate surface area is 36.5 Å². The van der Waals surface area contributed by atoms with Crippen LogP contribution in [0, 0.1) is 0 Å². The Morgan fingerprint density at radius 3 is 1.75 bits per heavy atom. The van der Waals surface area contributed by atoms with Gasteiger partial charge in [-0.25, -0.2) is 0 Å². The molecule has 0 aromatic heterocycles. The molecule has 27 valence electrons. The summed E-state index contributed by atoms with van der Waals surface area (Å²) in [6.45, 7) is 0. The van der Waals surface area contributed by atoms with Gasteiger partial charge in [-0.3, -0.25) is 0 Å². The summed E-state index contributed by atoms with van der Waals surface area (Å²) in [5.41, 5.74) is 0. The molecule has 2 nitrogen and oxygen atoms in total. The van der Waals surface area contributed by atoms with Crippen LogP contribution in [-0.4, -0.2) is 4.16 Å². The van der Waals surface area contributed by atoms with E-state index in [4.69, 9.17) is 7.96 Å². The Bertz CT molecular complexity index is 13.5. The van der Waals surface area contributed by atoms with Crippen LogP contribution in [0.15, 0.2) is 0 Å². The molecule has 0 spiro atoms. The molecule has 0 aromatic rings. The fraction of sp³-hybridized carbons (Fsp3) is 0. The molecule has 0 unspecified atom stereocenters. The van der Waals surface area contributed by atoms with Crippen molar-refractivity contribution in [1.82, 2.24) is 0 Å². The quantitative estimate of drug-likeness (QED) is 0.480. The molecule has 0 aromatic carbocycles. The number of rotatable bonds is 0. The van der Waals surface area contributed by atoms with Crippen molar-refractivity contribution < 1.29 is 23.4 Å². The molecule has 0 amide bonds. The number of hydrogen-bond donors (Lipinski definition) is 1. The van der Waals surface area contributed by atoms with Gasteiger partial charge in [0.2, 0.25) is 0 Å². The van der Waals surface area contributed by atoms with E-state index in [-0.39, 0.29) is 12.4 Å². The van der Waals surface area contributed by atoms with Gasteiger partial charge in [-0.05, 0) is 0 Å². The van der Waals surface area contributed by atoms with Gasteiger partial charge in [0.25, 0.3) is 0 Å². The maximum atomic E-state index is 8.55. The summed E-state index contributed by atoms with van der Waals surface area (Å²) in [5, 5.41) is 0. The van der Waals surface area contributed by atoms with E-state index in [1.165, 1.54) is 0 Å². The Morgan fingerprint density at radius 1 is 1.75 bits per heavy atom. The van der Waals surface area contributed by atoms with E-state index >= 15 is 0 Å². The zero-order valence-corrected chi connectivity index (χ0v) is 3.76. The van der Waals surface area contributed by atoms with E-state index in [0.29, 0.717) is 0 Å². The minimum absolute atomic E-state index is 0. The molecular formula is H2ClCrO2. The molecule has 0 heterocycles. The van der Waals surface area contributed by atoms with Gasteiger partial charge in [0.15, 0.2) is 0 Å². The summed E-state index contributed by atoms with van der Waals surface area (Å²) in [7, 11) is 0. The monoisotopic (exact) mass is 121 g/mol. The minimum atomic E-state index is -1.38. The molecule has 1 N–H and O–H groups in total. The van der Waals surface area contributed by atoms with E-state index in [2.05, 4.69) is 0 Å². The summed E-state index contributed by atoms with van der Waals surface area (Å²) in [6, 6.07) is 0. The van der Waals surface area contributed by atoms with E-state index in [1.807, 2.05) is 0 Å². The van der Waals surface area contributed by atoms with Gasteiger partial charge < -0.3 is 0 Å². The van der Waals surface area contributed by atoms with Crippen LogP contribution in [0.5, 0.6) is 0 Å². The second-order valence-electron chi connectivity index (χ2n) is 0.0745. The van der Waals surface area contributed by atoms with Crippen molar-refractivity contribution in [2.75, 3.05) is 0 Å². The molecule has 0 aliphatic rings. The number of halogens is 1. The summed E-state index contributed by atoms with van der Waals surface area (Å²) >= 11 is -1.38. The third-order valence-electron chi connectivity index (χ3n) is 0. The average Bonchev–Trinajstić information content (AvgIpc) is 0.918. The zero-order valence-electron chi connectivity index (χ0n) is 1.67. The van der Waals surface area contributed by atoms with Gasteiger partial charge in [0.1, 0.15) is 0 Å². The first kappa shape index (κ1) is 8.82. The molecule has 4 heavy (non-hydrogen) atoms. The Morgan fingerprint density at radius 2 is 1.75 bits per heavy atom. The molecule has 0 fully saturated rings. The van der Waals surface area contributed by atoms with Crippen LogP contribution in [0.4, 0.5) is 0 Å². The van der Waals surface area contributed by atoms with Gasteiger partial charge in [0, 0.05) is 0 Å². The van der Waals surface area contributed by atoms with Gasteiger partial charge in [-0.15, -0.1) is 12.4 Å². The Hall–Kier alpha value is 0.582. The molecule has 0 saturated heterocycles. The van der Waals surface area contributed by atoms with Crippen LogP contribution < -0.4 is 0 Å². The van der Waals surface area contributed by atoms with Crippen molar-refractivity contribution >= 4 is 12.4 Å². The molecule has 0 atom stereocenters. The second kappa shape index (κ2) is 9.54. The van der Waals surface area contributed by atoms with Crippen molar-refractivity contribution in [2.45, 2.75) is 0 Å². The van der Waals surface area contributed by atoms with Crippen molar-refractivity contribution in [3.63, 3.8) is 0 Å². The SMILES string of the molecule is Cl.[O]=[Cr][OH]. The molecule has 0 saturated carbocycles. The molecule has 0 aliphatic carbocycles. The first-order valence-corrected chi connectivity index (χ1v) is 1.44. The van der Waals surface area contributed by atoms with Crippen LogP contribution in [0.3, 0.4) is 0 Å². The predicted molar refractivity (Wildman–Crippen MR) is 10.2 cm³/mol. The fourth-order valence-corrected chi connectivity index (χ4v) is 0. The molecule has 0 radical (unpaired) electrons. The maximum absolute atomic E-state index is 8.55. The fourth-order valence-electron chi connectivity index (χ4n) is 0. The van der Waals surface area contributed by atoms with Crippen molar-refractivity contribution in [3.05, 3.63) is 0 Å². The molecular weight excluding hydrogens is 119 g/mol. The van der Waals surface area contributed by atoms with E-state index < -0.39 is 15.5 Å². The first-order chi connectivity index (χ1) is 1.41. The van der Waals surface area contributed by atoms with Crippen LogP contribution in [0.2, 0.25) is 0 Å². The van der Waals surface area contributed by atoms with Crippen molar-refractivity contribution in [1.29, 1.82) is 0 Å². The number of hydrogen-bond acceptors (Lipinski definition) is 1. The topological polar surface area (TPSA) is 37.3 Å². The third kappa shape index (κ3) is 19.1. The summed E-state index contributed by atoms with van der Waals surface area (Å²) in [4.78, 5) is 0.